The van der Waals surface area contributed by atoms with Gasteiger partial charge >= 0.3 is 5.97 Å². The van der Waals surface area contributed by atoms with E-state index in [2.05, 4.69) is 17.0 Å². The third-order valence-corrected chi connectivity index (χ3v) is 10.3. The van der Waals surface area contributed by atoms with E-state index >= 15 is 0 Å². The van der Waals surface area contributed by atoms with Crippen LogP contribution in [0.3, 0.4) is 0 Å². The summed E-state index contributed by atoms with van der Waals surface area (Å²) in [5.41, 5.74) is 3.20. The highest BCUT2D eigenvalue weighted by Gasteiger charge is 2.44. The van der Waals surface area contributed by atoms with E-state index in [9.17, 15) is 23.4 Å². The van der Waals surface area contributed by atoms with E-state index in [1.165, 1.54) is 11.1 Å². The van der Waals surface area contributed by atoms with Crippen molar-refractivity contribution in [2.75, 3.05) is 30.3 Å². The molecule has 10 heteroatoms. The highest BCUT2D eigenvalue weighted by atomic mass is 35.5. The van der Waals surface area contributed by atoms with Crippen LogP contribution in [-0.2, 0) is 21.9 Å². The minimum Gasteiger partial charge on any atom is -0.490 e. The molecule has 0 aromatic heterocycles. The van der Waals surface area contributed by atoms with Crippen LogP contribution in [-0.4, -0.2) is 56.2 Å². The summed E-state index contributed by atoms with van der Waals surface area (Å²) in [6.07, 6.45) is 8.29. The first-order valence-corrected chi connectivity index (χ1v) is 16.4. The SMILES string of the molecule is C[C@@H](C/C=C/[C@H](O)[C@@H]1CC[C@H]1CN1C[C@@]2(CCCc3cc(Cl)ccc32)COc2ccc(C(=O)O)cc21)CS(N)(=O)=O. The molecule has 0 radical (unpaired) electrons. The number of aliphatic hydroxyl groups excluding tert-OH is 1. The molecule has 4 N–H and O–H groups in total. The number of fused-ring (bicyclic) bond motifs is 3. The maximum Gasteiger partial charge on any atom is 0.335 e. The number of nitrogens with two attached hydrogens (primary N) is 1. The molecule has 1 spiro atoms. The fourth-order valence-electron chi connectivity index (χ4n) is 6.86. The van der Waals surface area contributed by atoms with Crippen molar-refractivity contribution in [3.05, 3.63) is 70.3 Å². The number of halogens is 1. The van der Waals surface area contributed by atoms with Gasteiger partial charge in [0.2, 0.25) is 10.0 Å². The number of aliphatic hydroxyl groups is 1. The number of primary sulfonamides is 1. The van der Waals surface area contributed by atoms with Crippen LogP contribution >= 0.6 is 11.6 Å². The number of rotatable bonds is 9. The van der Waals surface area contributed by atoms with Crippen LogP contribution in [0.1, 0.15) is 60.5 Å². The summed E-state index contributed by atoms with van der Waals surface area (Å²) in [4.78, 5) is 14.2. The van der Waals surface area contributed by atoms with Gasteiger partial charge in [0.05, 0.1) is 29.7 Å². The Balaban J connectivity index is 1.38. The normalized spacial score (nSPS) is 25.5. The minimum atomic E-state index is -3.53. The number of carboxylic acid groups (broad SMARTS) is 1. The second-order valence-electron chi connectivity index (χ2n) is 12.2. The van der Waals surface area contributed by atoms with Crippen LogP contribution in [0.4, 0.5) is 5.69 Å². The van der Waals surface area contributed by atoms with Gasteiger partial charge in [-0.05, 0) is 97.7 Å². The van der Waals surface area contributed by atoms with E-state index < -0.39 is 22.1 Å². The number of carbonyl (C=O) groups is 1. The number of allylic oxidation sites excluding steroid dienone is 1. The van der Waals surface area contributed by atoms with Crippen LogP contribution in [0, 0.1) is 17.8 Å². The summed E-state index contributed by atoms with van der Waals surface area (Å²) in [5, 5.41) is 26.6. The van der Waals surface area contributed by atoms with Gasteiger partial charge in [-0.1, -0.05) is 36.7 Å². The Morgan fingerprint density at radius 2 is 2.07 bits per heavy atom. The maximum atomic E-state index is 11.9. The van der Waals surface area contributed by atoms with E-state index in [-0.39, 0.29) is 34.5 Å². The van der Waals surface area contributed by atoms with Crippen LogP contribution in [0.15, 0.2) is 48.6 Å². The summed E-state index contributed by atoms with van der Waals surface area (Å²) in [6.45, 7) is 3.66. The van der Waals surface area contributed by atoms with Gasteiger partial charge in [0.15, 0.2) is 0 Å². The molecule has 222 valence electrons. The van der Waals surface area contributed by atoms with E-state index in [1.807, 2.05) is 19.1 Å². The molecule has 5 atom stereocenters. The fraction of sp³-hybridized carbons (Fsp3) is 0.516. The molecule has 0 amide bonds. The van der Waals surface area contributed by atoms with E-state index in [0.717, 1.165) is 42.8 Å². The third kappa shape index (κ3) is 6.74. The van der Waals surface area contributed by atoms with Crippen LogP contribution in [0.25, 0.3) is 0 Å². The molecule has 5 rings (SSSR count). The van der Waals surface area contributed by atoms with Gasteiger partial charge in [-0.3, -0.25) is 0 Å². The van der Waals surface area contributed by atoms with Crippen molar-refractivity contribution in [3.63, 3.8) is 0 Å². The van der Waals surface area contributed by atoms with Crippen molar-refractivity contribution < 1.29 is 28.2 Å². The van der Waals surface area contributed by atoms with Crippen LogP contribution < -0.4 is 14.8 Å². The molecular weight excluding hydrogens is 564 g/mol. The Morgan fingerprint density at radius 1 is 1.27 bits per heavy atom. The first-order chi connectivity index (χ1) is 19.4. The summed E-state index contributed by atoms with van der Waals surface area (Å²) in [6, 6.07) is 11.2. The largest absolute Gasteiger partial charge is 0.490 e. The standard InChI is InChI=1S/C31H39ClN2O6S/c1-20(17-41(33,38)39)4-2-6-28(35)25-10-7-23(25)16-34-18-31(13-3-5-21-14-24(32)9-11-26(21)31)19-40-29-12-8-22(30(36)37)15-27(29)34/h2,6,8-9,11-12,14-15,20,23,25,28,35H,3-5,7,10,13,16-19H2,1H3,(H,36,37)(H2,33,38,39)/b6-2+/t20-,23-,25+,28-,31-/m0/s1. The number of hydrogen-bond acceptors (Lipinski definition) is 6. The lowest BCUT2D eigenvalue weighted by atomic mass is 9.68. The van der Waals surface area contributed by atoms with Gasteiger partial charge < -0.3 is 19.8 Å². The molecule has 0 bridgehead atoms. The van der Waals surface area contributed by atoms with Gasteiger partial charge in [-0.25, -0.2) is 18.4 Å². The molecule has 41 heavy (non-hydrogen) atoms. The third-order valence-electron chi connectivity index (χ3n) is 9.04. The van der Waals surface area contributed by atoms with Gasteiger partial charge in [0.1, 0.15) is 5.75 Å². The number of hydrogen-bond donors (Lipinski definition) is 3. The molecule has 3 aliphatic rings. The lowest BCUT2D eigenvalue weighted by Crippen LogP contribution is -2.49. The zero-order valence-corrected chi connectivity index (χ0v) is 24.9. The van der Waals surface area contributed by atoms with E-state index in [4.69, 9.17) is 21.5 Å². The molecule has 2 aromatic carbocycles. The Kier molecular flexibility index (Phi) is 8.71. The Labute approximate surface area is 247 Å². The van der Waals surface area contributed by atoms with Crippen molar-refractivity contribution in [2.24, 2.45) is 22.9 Å². The molecule has 1 heterocycles. The molecule has 2 aliphatic carbocycles. The highest BCUT2D eigenvalue weighted by Crippen LogP contribution is 2.46. The summed E-state index contributed by atoms with van der Waals surface area (Å²) in [5.74, 6) is -0.265. The lowest BCUT2D eigenvalue weighted by Gasteiger charge is -2.45. The molecule has 0 saturated heterocycles. The number of aromatic carboxylic acids is 1. The van der Waals surface area contributed by atoms with Crippen molar-refractivity contribution in [3.8, 4) is 5.75 Å². The number of nitrogens with zero attached hydrogens (tertiary/aromatic N) is 1. The maximum absolute atomic E-state index is 11.9. The zero-order valence-electron chi connectivity index (χ0n) is 23.3. The predicted octanol–water partition coefficient (Wildman–Crippen LogP) is 4.77. The molecule has 1 aliphatic heterocycles. The fourth-order valence-corrected chi connectivity index (χ4v) is 7.98. The van der Waals surface area contributed by atoms with Gasteiger partial charge in [0, 0.05) is 23.5 Å². The number of aryl methyl sites for hydroxylation is 1. The van der Waals surface area contributed by atoms with Gasteiger partial charge in [0.25, 0.3) is 0 Å². The Hall–Kier alpha value is -2.59. The predicted molar refractivity (Wildman–Crippen MR) is 160 cm³/mol. The van der Waals surface area contributed by atoms with Crippen molar-refractivity contribution in [2.45, 2.75) is 57.0 Å². The Morgan fingerprint density at radius 3 is 2.78 bits per heavy atom. The summed E-state index contributed by atoms with van der Waals surface area (Å²) in [7, 11) is -3.53. The molecule has 1 saturated carbocycles. The monoisotopic (exact) mass is 602 g/mol. The first kappa shape index (κ1) is 29.9. The van der Waals surface area contributed by atoms with E-state index in [1.54, 1.807) is 24.3 Å². The molecule has 0 unspecified atom stereocenters. The van der Waals surface area contributed by atoms with Gasteiger partial charge in [-0.15, -0.1) is 0 Å². The number of sulfonamides is 1. The molecule has 2 aromatic rings. The number of benzene rings is 2. The zero-order chi connectivity index (χ0) is 29.4. The van der Waals surface area contributed by atoms with Crippen LogP contribution in [0.2, 0.25) is 5.02 Å². The van der Waals surface area contributed by atoms with Gasteiger partial charge in [-0.2, -0.15) is 0 Å². The highest BCUT2D eigenvalue weighted by molar-refractivity contribution is 7.89. The second kappa shape index (κ2) is 12.0. The number of anilines is 1. The van der Waals surface area contributed by atoms with Crippen molar-refractivity contribution in [1.82, 2.24) is 0 Å². The first-order valence-electron chi connectivity index (χ1n) is 14.3. The summed E-state index contributed by atoms with van der Waals surface area (Å²) >= 11 is 6.35. The molecular formula is C31H39ClN2O6S. The van der Waals surface area contributed by atoms with Crippen LogP contribution in [0.5, 0.6) is 5.75 Å². The number of carboxylic acids is 1. The second-order valence-corrected chi connectivity index (χ2v) is 14.3. The number of ether oxygens (including phenoxy) is 1. The molecule has 8 nitrogen and oxygen atoms in total. The summed E-state index contributed by atoms with van der Waals surface area (Å²) < 4.78 is 29.1. The average Bonchev–Trinajstić information content (AvgIpc) is 3.02. The quantitative estimate of drug-likeness (QED) is 0.353. The van der Waals surface area contributed by atoms with Crippen molar-refractivity contribution >= 4 is 33.3 Å². The minimum absolute atomic E-state index is 0.0588. The smallest absolute Gasteiger partial charge is 0.335 e. The van der Waals surface area contributed by atoms with Crippen molar-refractivity contribution in [1.29, 1.82) is 0 Å². The Bertz CT molecular complexity index is 1430. The average molecular weight is 603 g/mol. The lowest BCUT2D eigenvalue weighted by molar-refractivity contribution is 0.0456. The topological polar surface area (TPSA) is 130 Å². The molecule has 1 fully saturated rings. The van der Waals surface area contributed by atoms with E-state index in [0.29, 0.717) is 31.9 Å².